The van der Waals surface area contributed by atoms with Gasteiger partial charge in [0, 0.05) is 24.7 Å². The summed E-state index contributed by atoms with van der Waals surface area (Å²) in [6.07, 6.45) is 8.51. The Morgan fingerprint density at radius 3 is 2.25 bits per heavy atom. The molecule has 6 nitrogen and oxygen atoms in total. The normalized spacial score (nSPS) is 20.4. The number of nitrogens with one attached hydrogen (secondary N) is 2. The van der Waals surface area contributed by atoms with E-state index in [4.69, 9.17) is 17.2 Å². The van der Waals surface area contributed by atoms with E-state index in [0.717, 1.165) is 74.3 Å². The Morgan fingerprint density at radius 2 is 1.61 bits per heavy atom. The molecule has 8 heteroatoms. The van der Waals surface area contributed by atoms with Crippen molar-refractivity contribution in [3.05, 3.63) is 95.1 Å². The highest BCUT2D eigenvalue weighted by Gasteiger charge is 2.36. The van der Waals surface area contributed by atoms with Gasteiger partial charge in [0.25, 0.3) is 0 Å². The quantitative estimate of drug-likeness (QED) is 0.0992. The second-order valence-corrected chi connectivity index (χ2v) is 21.4. The molecule has 1 aliphatic carbocycles. The molecule has 3 N–H and O–H groups in total. The largest absolute Gasteiger partial charge is 0.507 e. The number of thiocarbonyl (C=S) groups is 1. The van der Waals surface area contributed by atoms with Gasteiger partial charge in [0.1, 0.15) is 11.8 Å². The van der Waals surface area contributed by atoms with Crippen LogP contribution in [-0.2, 0) is 16.6 Å². The van der Waals surface area contributed by atoms with E-state index in [0.29, 0.717) is 17.3 Å². The lowest BCUT2D eigenvalue weighted by molar-refractivity contribution is -0.134. The van der Waals surface area contributed by atoms with Gasteiger partial charge < -0.3 is 20.6 Å². The lowest BCUT2D eigenvalue weighted by Gasteiger charge is -2.33. The van der Waals surface area contributed by atoms with Gasteiger partial charge >= 0.3 is 0 Å². The Bertz CT molecular complexity index is 1630. The van der Waals surface area contributed by atoms with Crippen molar-refractivity contribution in [3.63, 3.8) is 0 Å². The van der Waals surface area contributed by atoms with Crippen LogP contribution in [0.5, 0.6) is 5.75 Å². The monoisotopic (exact) mass is 724 g/mol. The van der Waals surface area contributed by atoms with Crippen molar-refractivity contribution in [3.8, 4) is 5.75 Å². The van der Waals surface area contributed by atoms with Gasteiger partial charge in [-0.05, 0) is 71.3 Å². The van der Waals surface area contributed by atoms with Crippen molar-refractivity contribution in [1.29, 1.82) is 0 Å². The predicted octanol–water partition coefficient (Wildman–Crippen LogP) is 8.57. The van der Waals surface area contributed by atoms with Crippen LogP contribution in [0.4, 0.5) is 0 Å². The molecule has 1 heterocycles. The van der Waals surface area contributed by atoms with E-state index in [1.807, 2.05) is 35.4 Å². The van der Waals surface area contributed by atoms with Gasteiger partial charge in [-0.15, -0.1) is 0 Å². The van der Waals surface area contributed by atoms with E-state index in [9.17, 15) is 9.90 Å². The molecular weight excluding hydrogens is 665 g/mol. The third-order valence-electron chi connectivity index (χ3n) is 11.7. The van der Waals surface area contributed by atoms with Gasteiger partial charge in [-0.25, -0.2) is 0 Å². The summed E-state index contributed by atoms with van der Waals surface area (Å²) in [5, 5.41) is 20.5. The lowest BCUT2D eigenvalue weighted by atomic mass is 9.86. The van der Waals surface area contributed by atoms with Gasteiger partial charge in [0.2, 0.25) is 5.91 Å². The fourth-order valence-electron chi connectivity index (χ4n) is 8.22. The molecule has 0 radical (unpaired) electrons. The van der Waals surface area contributed by atoms with Crippen LogP contribution in [0.3, 0.4) is 0 Å². The maximum absolute atomic E-state index is 14.3. The van der Waals surface area contributed by atoms with Gasteiger partial charge in [-0.2, -0.15) is 0 Å². The predicted molar refractivity (Wildman–Crippen MR) is 220 cm³/mol. The number of nitrogens with zero attached hydrogens (tertiary/aromatic N) is 2. The summed E-state index contributed by atoms with van der Waals surface area (Å²) in [6, 6.07) is 28.0. The summed E-state index contributed by atoms with van der Waals surface area (Å²) < 4.78 is 0. The van der Waals surface area contributed by atoms with E-state index in [-0.39, 0.29) is 29.4 Å². The minimum atomic E-state index is -1.85. The number of carbonyl (C=O) groups excluding carboxylic acids is 1. The van der Waals surface area contributed by atoms with E-state index >= 15 is 0 Å². The summed E-state index contributed by atoms with van der Waals surface area (Å²) in [6.45, 7) is 14.3. The third-order valence-corrected chi connectivity index (χ3v) is 17.5. The number of aliphatic imine (C=N–C) groups is 1. The maximum atomic E-state index is 14.3. The lowest BCUT2D eigenvalue weighted by Crippen LogP contribution is -2.55. The first-order valence-electron chi connectivity index (χ1n) is 19.4. The highest BCUT2D eigenvalue weighted by atomic mass is 32.1. The van der Waals surface area contributed by atoms with Gasteiger partial charge in [-0.3, -0.25) is 9.79 Å². The SMILES string of the molecule is CC[Si](CC)(CC)c1cc(C(C)(C)C)cc(C=N[C@@H]2CCCC[C@H]2NC(=S)N[C@@H](Cc2ccccc2)C(=O)N2CCC[C@@H]2c2ccccc2)c1O. The van der Waals surface area contributed by atoms with Crippen LogP contribution < -0.4 is 15.8 Å². The summed E-state index contributed by atoms with van der Waals surface area (Å²) in [7, 11) is -1.85. The number of phenolic OH excluding ortho intramolecular Hbond substituents is 1. The molecule has 3 aromatic rings. The van der Waals surface area contributed by atoms with E-state index < -0.39 is 14.1 Å². The third kappa shape index (κ3) is 9.30. The number of carbonyl (C=O) groups is 1. The fourth-order valence-corrected chi connectivity index (χ4v) is 12.3. The number of rotatable bonds is 12. The first-order chi connectivity index (χ1) is 24.5. The van der Waals surface area contributed by atoms with Crippen LogP contribution >= 0.6 is 12.2 Å². The molecule has 1 saturated carbocycles. The second-order valence-electron chi connectivity index (χ2n) is 15.7. The van der Waals surface area contributed by atoms with Gasteiger partial charge in [0.15, 0.2) is 5.11 Å². The first-order valence-corrected chi connectivity index (χ1v) is 22.4. The highest BCUT2D eigenvalue weighted by molar-refractivity contribution is 7.80. The van der Waals surface area contributed by atoms with Crippen molar-refractivity contribution >= 4 is 42.7 Å². The number of benzene rings is 3. The van der Waals surface area contributed by atoms with E-state index in [2.05, 4.69) is 101 Å². The summed E-state index contributed by atoms with van der Waals surface area (Å²) in [4.78, 5) is 21.5. The van der Waals surface area contributed by atoms with Crippen LogP contribution in [0, 0.1) is 0 Å². The van der Waals surface area contributed by atoms with Crippen molar-refractivity contribution in [1.82, 2.24) is 15.5 Å². The number of hydrogen-bond acceptors (Lipinski definition) is 4. The average molecular weight is 725 g/mol. The van der Waals surface area contributed by atoms with Crippen LogP contribution in [0.25, 0.3) is 0 Å². The molecule has 5 rings (SSSR count). The molecule has 1 saturated heterocycles. The average Bonchev–Trinajstić information content (AvgIpc) is 3.63. The number of phenols is 1. The van der Waals surface area contributed by atoms with Gasteiger partial charge in [-0.1, -0.05) is 139 Å². The minimum Gasteiger partial charge on any atom is -0.507 e. The minimum absolute atomic E-state index is 0.00879. The highest BCUT2D eigenvalue weighted by Crippen LogP contribution is 2.34. The molecule has 0 bridgehead atoms. The Morgan fingerprint density at radius 1 is 0.961 bits per heavy atom. The molecule has 274 valence electrons. The Kier molecular flexibility index (Phi) is 13.2. The topological polar surface area (TPSA) is 77.0 Å². The molecule has 3 aromatic carbocycles. The van der Waals surface area contributed by atoms with Crippen LogP contribution in [0.2, 0.25) is 18.1 Å². The second kappa shape index (κ2) is 17.3. The molecule has 2 fully saturated rings. The van der Waals surface area contributed by atoms with Gasteiger partial charge in [0.05, 0.1) is 26.2 Å². The molecule has 1 amide bonds. The number of aromatic hydroxyl groups is 1. The molecule has 4 atom stereocenters. The Labute approximate surface area is 313 Å². The Hall–Kier alpha value is -3.49. The number of amides is 1. The molecule has 1 aliphatic heterocycles. The van der Waals surface area contributed by atoms with Crippen LogP contribution in [-0.4, -0.2) is 60.0 Å². The fraction of sp³-hybridized carbons (Fsp3) is 0.512. The molecule has 51 heavy (non-hydrogen) atoms. The van der Waals surface area contributed by atoms with E-state index in [1.54, 1.807) is 0 Å². The molecule has 2 aliphatic rings. The maximum Gasteiger partial charge on any atom is 0.245 e. The first kappa shape index (κ1) is 38.7. The van der Waals surface area contributed by atoms with E-state index in [1.165, 1.54) is 16.3 Å². The van der Waals surface area contributed by atoms with Crippen LogP contribution in [0.1, 0.15) is 108 Å². The molecule has 0 aromatic heterocycles. The number of likely N-dealkylation sites (tertiary alicyclic amines) is 1. The molecular formula is C43H60N4O2SSi. The summed E-state index contributed by atoms with van der Waals surface area (Å²) >= 11 is 5.97. The Balaban J connectivity index is 1.36. The van der Waals surface area contributed by atoms with Crippen LogP contribution in [0.15, 0.2) is 77.8 Å². The number of hydrogen-bond donors (Lipinski definition) is 3. The smallest absolute Gasteiger partial charge is 0.245 e. The standard InChI is InChI=1S/C43H60N4O2SSi/c1-7-51(8-2,9-3)39-29-34(43(4,5)6)28-33(40(39)48)30-44-35-23-16-17-24-36(35)45-42(50)46-37(27-31-19-12-10-13-20-31)41(49)47-26-18-25-38(47)32-21-14-11-15-22-32/h10-15,19-22,28-30,35-38,48H,7-9,16-18,23-27H2,1-6H3,(H2,45,46,50)/t35-,36-,37+,38-/m1/s1. The van der Waals surface area contributed by atoms with Crippen molar-refractivity contribution < 1.29 is 9.90 Å². The zero-order valence-electron chi connectivity index (χ0n) is 31.8. The van der Waals surface area contributed by atoms with Crippen molar-refractivity contribution in [2.45, 2.75) is 134 Å². The van der Waals surface area contributed by atoms with Crippen molar-refractivity contribution in [2.75, 3.05) is 6.54 Å². The molecule has 0 spiro atoms. The summed E-state index contributed by atoms with van der Waals surface area (Å²) in [5.74, 6) is 0.503. The van der Waals surface area contributed by atoms with Crippen molar-refractivity contribution in [2.24, 2.45) is 4.99 Å². The summed E-state index contributed by atoms with van der Waals surface area (Å²) in [5.41, 5.74) is 4.30. The zero-order chi connectivity index (χ0) is 36.6. The zero-order valence-corrected chi connectivity index (χ0v) is 33.6. The molecule has 0 unspecified atom stereocenters.